The van der Waals surface area contributed by atoms with Gasteiger partial charge in [0, 0.05) is 11.1 Å². The highest BCUT2D eigenvalue weighted by molar-refractivity contribution is 5.97. The number of alkyl halides is 3. The van der Waals surface area contributed by atoms with E-state index in [1.165, 1.54) is 12.1 Å². The molecule has 0 aliphatic heterocycles. The number of carbonyl (C=O) groups excluding carboxylic acids is 1. The Bertz CT molecular complexity index is 1020. The summed E-state index contributed by atoms with van der Waals surface area (Å²) in [4.78, 5) is 13.0. The van der Waals surface area contributed by atoms with E-state index in [2.05, 4.69) is 5.32 Å². The molecule has 1 N–H and O–H groups in total. The maximum absolute atomic E-state index is 13.0. The van der Waals surface area contributed by atoms with E-state index in [-0.39, 0.29) is 17.5 Å². The molecule has 3 aromatic carbocycles. The SMILES string of the molecule is Cc1ccc(C2(c3ccc(C)cc3)CC2C(=O)Nc2cccc(C(F)(F)F)c2)cc1. The molecule has 3 aromatic rings. The van der Waals surface area contributed by atoms with Crippen LogP contribution in [0.25, 0.3) is 0 Å². The van der Waals surface area contributed by atoms with Crippen molar-refractivity contribution < 1.29 is 18.0 Å². The number of hydrogen-bond donors (Lipinski definition) is 1. The fraction of sp³-hybridized carbons (Fsp3) is 0.240. The first-order chi connectivity index (χ1) is 14.2. The Hall–Kier alpha value is -3.08. The first-order valence-corrected chi connectivity index (χ1v) is 9.82. The fourth-order valence-electron chi connectivity index (χ4n) is 4.09. The Morgan fingerprint density at radius 3 is 1.93 bits per heavy atom. The Labute approximate surface area is 173 Å². The van der Waals surface area contributed by atoms with Gasteiger partial charge in [-0.3, -0.25) is 4.79 Å². The maximum Gasteiger partial charge on any atom is 0.416 e. The summed E-state index contributed by atoms with van der Waals surface area (Å²) < 4.78 is 39.0. The van der Waals surface area contributed by atoms with Gasteiger partial charge in [0.1, 0.15) is 0 Å². The number of nitrogens with one attached hydrogen (secondary N) is 1. The molecule has 2 nitrogen and oxygen atoms in total. The molecule has 1 unspecified atom stereocenters. The molecule has 1 fully saturated rings. The number of halogens is 3. The summed E-state index contributed by atoms with van der Waals surface area (Å²) in [5, 5.41) is 2.69. The minimum atomic E-state index is -4.45. The smallest absolute Gasteiger partial charge is 0.326 e. The van der Waals surface area contributed by atoms with Gasteiger partial charge in [-0.15, -0.1) is 0 Å². The van der Waals surface area contributed by atoms with E-state index in [4.69, 9.17) is 0 Å². The number of anilines is 1. The van der Waals surface area contributed by atoms with Gasteiger partial charge in [0.15, 0.2) is 0 Å². The van der Waals surface area contributed by atoms with Crippen LogP contribution in [0.3, 0.4) is 0 Å². The largest absolute Gasteiger partial charge is 0.416 e. The van der Waals surface area contributed by atoms with Crippen molar-refractivity contribution >= 4 is 11.6 Å². The Kier molecular flexibility index (Phi) is 4.92. The van der Waals surface area contributed by atoms with Crippen molar-refractivity contribution in [2.75, 3.05) is 5.32 Å². The average Bonchev–Trinajstić information content (AvgIpc) is 3.46. The van der Waals surface area contributed by atoms with Crippen molar-refractivity contribution in [3.63, 3.8) is 0 Å². The number of carbonyl (C=O) groups is 1. The van der Waals surface area contributed by atoms with E-state index in [1.54, 1.807) is 0 Å². The zero-order valence-corrected chi connectivity index (χ0v) is 16.8. The van der Waals surface area contributed by atoms with Crippen molar-refractivity contribution in [2.45, 2.75) is 31.9 Å². The Morgan fingerprint density at radius 1 is 0.900 bits per heavy atom. The van der Waals surface area contributed by atoms with Gasteiger partial charge in [-0.05, 0) is 49.6 Å². The number of benzene rings is 3. The van der Waals surface area contributed by atoms with Crippen LogP contribution in [-0.4, -0.2) is 5.91 Å². The molecule has 0 radical (unpaired) electrons. The molecule has 1 atom stereocenters. The van der Waals surface area contributed by atoms with Crippen LogP contribution in [0.1, 0.15) is 34.2 Å². The number of rotatable bonds is 4. The first-order valence-electron chi connectivity index (χ1n) is 9.82. The molecule has 0 aromatic heterocycles. The summed E-state index contributed by atoms with van der Waals surface area (Å²) >= 11 is 0. The van der Waals surface area contributed by atoms with Crippen molar-refractivity contribution in [1.29, 1.82) is 0 Å². The molecular weight excluding hydrogens is 387 g/mol. The highest BCUT2D eigenvalue weighted by atomic mass is 19.4. The Morgan fingerprint density at radius 2 is 1.43 bits per heavy atom. The summed E-state index contributed by atoms with van der Waals surface area (Å²) in [5.41, 5.74) is 3.25. The second-order valence-corrected chi connectivity index (χ2v) is 8.03. The van der Waals surface area contributed by atoms with Crippen LogP contribution in [0, 0.1) is 19.8 Å². The molecule has 4 rings (SSSR count). The van der Waals surface area contributed by atoms with Crippen LogP contribution in [0.5, 0.6) is 0 Å². The third kappa shape index (κ3) is 3.72. The standard InChI is InChI=1S/C25H22F3NO/c1-16-6-10-18(11-7-16)24(19-12-8-17(2)9-13-19)15-22(24)23(30)29-21-5-3-4-20(14-21)25(26,27)28/h3-14,22H,15H2,1-2H3,(H,29,30). The van der Waals surface area contributed by atoms with Crippen LogP contribution >= 0.6 is 0 Å². The van der Waals surface area contributed by atoms with Crippen molar-refractivity contribution in [3.05, 3.63) is 101 Å². The first kappa shape index (κ1) is 20.2. The van der Waals surface area contributed by atoms with Gasteiger partial charge >= 0.3 is 6.18 Å². The van der Waals surface area contributed by atoms with Gasteiger partial charge in [-0.2, -0.15) is 13.2 Å². The van der Waals surface area contributed by atoms with Crippen LogP contribution < -0.4 is 5.32 Å². The maximum atomic E-state index is 13.0. The van der Waals surface area contributed by atoms with Crippen LogP contribution in [-0.2, 0) is 16.4 Å². The minimum Gasteiger partial charge on any atom is -0.326 e. The number of amides is 1. The van der Waals surface area contributed by atoms with Crippen molar-refractivity contribution in [1.82, 2.24) is 0 Å². The zero-order valence-electron chi connectivity index (χ0n) is 16.8. The molecule has 0 bridgehead atoms. The number of hydrogen-bond acceptors (Lipinski definition) is 1. The normalized spacial score (nSPS) is 17.4. The molecule has 1 amide bonds. The number of aryl methyl sites for hydroxylation is 2. The molecule has 30 heavy (non-hydrogen) atoms. The van der Waals surface area contributed by atoms with Gasteiger partial charge < -0.3 is 5.32 Å². The highest BCUT2D eigenvalue weighted by Crippen LogP contribution is 2.59. The monoisotopic (exact) mass is 409 g/mol. The van der Waals surface area contributed by atoms with Gasteiger partial charge in [-0.1, -0.05) is 65.7 Å². The predicted molar refractivity (Wildman–Crippen MR) is 111 cm³/mol. The summed E-state index contributed by atoms with van der Waals surface area (Å²) in [6.07, 6.45) is -3.84. The molecule has 154 valence electrons. The van der Waals surface area contributed by atoms with E-state index >= 15 is 0 Å². The quantitative estimate of drug-likeness (QED) is 0.541. The minimum absolute atomic E-state index is 0.156. The lowest BCUT2D eigenvalue weighted by Crippen LogP contribution is -2.22. The van der Waals surface area contributed by atoms with E-state index < -0.39 is 17.2 Å². The summed E-state index contributed by atoms with van der Waals surface area (Å²) in [6, 6.07) is 21.0. The van der Waals surface area contributed by atoms with Gasteiger partial charge in [-0.25, -0.2) is 0 Å². The van der Waals surface area contributed by atoms with E-state index in [0.29, 0.717) is 6.42 Å². The zero-order chi connectivity index (χ0) is 21.5. The Balaban J connectivity index is 1.64. The van der Waals surface area contributed by atoms with E-state index in [9.17, 15) is 18.0 Å². The van der Waals surface area contributed by atoms with Gasteiger partial charge in [0.25, 0.3) is 0 Å². The van der Waals surface area contributed by atoms with E-state index in [1.807, 2.05) is 62.4 Å². The lowest BCUT2D eigenvalue weighted by molar-refractivity contribution is -0.137. The molecule has 0 saturated heterocycles. The third-order valence-corrected chi connectivity index (χ3v) is 5.87. The van der Waals surface area contributed by atoms with Gasteiger partial charge in [0.2, 0.25) is 5.91 Å². The van der Waals surface area contributed by atoms with E-state index in [0.717, 1.165) is 34.4 Å². The van der Waals surface area contributed by atoms with Gasteiger partial charge in [0.05, 0.1) is 11.5 Å². The van der Waals surface area contributed by atoms with Crippen LogP contribution in [0.2, 0.25) is 0 Å². The highest BCUT2D eigenvalue weighted by Gasteiger charge is 2.60. The summed E-state index contributed by atoms with van der Waals surface area (Å²) in [7, 11) is 0. The lowest BCUT2D eigenvalue weighted by Gasteiger charge is -2.20. The third-order valence-electron chi connectivity index (χ3n) is 5.87. The molecular formula is C25H22F3NO. The summed E-state index contributed by atoms with van der Waals surface area (Å²) in [6.45, 7) is 4.01. The lowest BCUT2D eigenvalue weighted by atomic mass is 9.85. The van der Waals surface area contributed by atoms with Crippen molar-refractivity contribution in [2.24, 2.45) is 5.92 Å². The molecule has 1 saturated carbocycles. The molecule has 0 spiro atoms. The van der Waals surface area contributed by atoms with Crippen LogP contribution in [0.4, 0.5) is 18.9 Å². The summed E-state index contributed by atoms with van der Waals surface area (Å²) in [5.74, 6) is -0.618. The average molecular weight is 409 g/mol. The predicted octanol–water partition coefficient (Wildman–Crippen LogP) is 6.27. The second-order valence-electron chi connectivity index (χ2n) is 8.03. The molecule has 0 heterocycles. The van der Waals surface area contributed by atoms with Crippen molar-refractivity contribution in [3.8, 4) is 0 Å². The fourth-order valence-corrected chi connectivity index (χ4v) is 4.09. The topological polar surface area (TPSA) is 29.1 Å². The second kappa shape index (κ2) is 7.31. The molecule has 1 aliphatic rings. The molecule has 1 aliphatic carbocycles. The molecule has 5 heteroatoms. The van der Waals surface area contributed by atoms with Crippen LogP contribution in [0.15, 0.2) is 72.8 Å².